The Morgan fingerprint density at radius 3 is 3.12 bits per heavy atom. The van der Waals surface area contributed by atoms with Crippen molar-refractivity contribution in [3.05, 3.63) is 50.8 Å². The van der Waals surface area contributed by atoms with Crippen LogP contribution < -0.4 is 10.9 Å². The van der Waals surface area contributed by atoms with Gasteiger partial charge in [-0.05, 0) is 6.07 Å². The molecule has 0 unspecified atom stereocenters. The van der Waals surface area contributed by atoms with Crippen LogP contribution in [0.25, 0.3) is 0 Å². The van der Waals surface area contributed by atoms with Crippen LogP contribution in [0.15, 0.2) is 34.7 Å². The molecule has 5 nitrogen and oxygen atoms in total. The first kappa shape index (κ1) is 10.6. The molecule has 0 fully saturated rings. The normalized spacial score (nSPS) is 10.0. The zero-order chi connectivity index (χ0) is 11.4. The highest BCUT2D eigenvalue weighted by Gasteiger charge is 2.05. The van der Waals surface area contributed by atoms with Crippen LogP contribution in [-0.2, 0) is 6.54 Å². The average molecular weight is 235 g/mol. The summed E-state index contributed by atoms with van der Waals surface area (Å²) in [6, 6.07) is 2.82. The van der Waals surface area contributed by atoms with Gasteiger partial charge in [0.2, 0.25) is 5.56 Å². The molecule has 0 saturated heterocycles. The quantitative estimate of drug-likeness (QED) is 0.824. The molecule has 0 spiro atoms. The molecule has 2 aromatic rings. The summed E-state index contributed by atoms with van der Waals surface area (Å²) in [5.41, 5.74) is 0.0576. The number of amides is 1. The third kappa shape index (κ3) is 2.54. The van der Waals surface area contributed by atoms with E-state index in [4.69, 9.17) is 0 Å². The van der Waals surface area contributed by atoms with Crippen LogP contribution in [0, 0.1) is 0 Å². The van der Waals surface area contributed by atoms with Gasteiger partial charge in [0.25, 0.3) is 5.91 Å². The van der Waals surface area contributed by atoms with Crippen molar-refractivity contribution in [2.45, 2.75) is 6.54 Å². The molecular formula is C10H9N3O2S. The van der Waals surface area contributed by atoms with Crippen LogP contribution in [0.3, 0.4) is 0 Å². The van der Waals surface area contributed by atoms with E-state index in [-0.39, 0.29) is 11.5 Å². The first-order valence-electron chi connectivity index (χ1n) is 4.61. The first-order valence-corrected chi connectivity index (χ1v) is 5.49. The summed E-state index contributed by atoms with van der Waals surface area (Å²) in [5, 5.41) is 5.36. The Kier molecular flexibility index (Phi) is 3.11. The van der Waals surface area contributed by atoms with Crippen molar-refractivity contribution in [2.24, 2.45) is 0 Å². The molecule has 6 heteroatoms. The molecule has 0 bridgehead atoms. The second kappa shape index (κ2) is 4.71. The van der Waals surface area contributed by atoms with E-state index in [0.717, 1.165) is 5.01 Å². The smallest absolute Gasteiger partial charge is 0.251 e. The Bertz CT molecular complexity index is 533. The van der Waals surface area contributed by atoms with E-state index in [1.165, 1.54) is 23.6 Å². The van der Waals surface area contributed by atoms with E-state index in [0.29, 0.717) is 12.1 Å². The fourth-order valence-corrected chi connectivity index (χ4v) is 1.74. The molecule has 2 rings (SSSR count). The summed E-state index contributed by atoms with van der Waals surface area (Å²) in [6.45, 7) is 0.378. The molecule has 2 N–H and O–H groups in total. The fraction of sp³-hybridized carbons (Fsp3) is 0.100. The highest BCUT2D eigenvalue weighted by Crippen LogP contribution is 2.03. The van der Waals surface area contributed by atoms with E-state index in [2.05, 4.69) is 15.3 Å². The first-order chi connectivity index (χ1) is 7.75. The molecule has 0 radical (unpaired) electrons. The number of pyridine rings is 1. The number of thiazole rings is 1. The van der Waals surface area contributed by atoms with Crippen molar-refractivity contribution in [1.82, 2.24) is 15.3 Å². The van der Waals surface area contributed by atoms with Gasteiger partial charge in [-0.25, -0.2) is 4.98 Å². The molecule has 16 heavy (non-hydrogen) atoms. The van der Waals surface area contributed by atoms with E-state index < -0.39 is 0 Å². The van der Waals surface area contributed by atoms with Gasteiger partial charge in [-0.3, -0.25) is 9.59 Å². The number of nitrogens with zero attached hydrogens (tertiary/aromatic N) is 1. The Balaban J connectivity index is 2.01. The maximum atomic E-state index is 11.6. The number of carbonyl (C=O) groups excluding carboxylic acids is 1. The lowest BCUT2D eigenvalue weighted by atomic mass is 10.2. The van der Waals surface area contributed by atoms with E-state index in [1.54, 1.807) is 12.3 Å². The Hall–Kier alpha value is -1.95. The van der Waals surface area contributed by atoms with Crippen LogP contribution in [0.4, 0.5) is 0 Å². The Labute approximate surface area is 95.2 Å². The Morgan fingerprint density at radius 1 is 1.56 bits per heavy atom. The maximum Gasteiger partial charge on any atom is 0.251 e. The predicted molar refractivity (Wildman–Crippen MR) is 60.3 cm³/mol. The molecule has 0 aromatic carbocycles. The third-order valence-corrected chi connectivity index (χ3v) is 2.70. The molecule has 1 amide bonds. The van der Waals surface area contributed by atoms with Gasteiger partial charge in [0.1, 0.15) is 5.01 Å². The number of rotatable bonds is 3. The van der Waals surface area contributed by atoms with Crippen LogP contribution >= 0.6 is 11.3 Å². The minimum atomic E-state index is -0.290. The molecule has 82 valence electrons. The lowest BCUT2D eigenvalue weighted by Crippen LogP contribution is -2.24. The minimum absolute atomic E-state index is 0.277. The largest absolute Gasteiger partial charge is 0.346 e. The van der Waals surface area contributed by atoms with Gasteiger partial charge in [0, 0.05) is 29.4 Å². The van der Waals surface area contributed by atoms with Gasteiger partial charge in [-0.2, -0.15) is 0 Å². The number of carbonyl (C=O) groups is 1. The molecule has 0 aliphatic heterocycles. The lowest BCUT2D eigenvalue weighted by molar-refractivity contribution is 0.0950. The van der Waals surface area contributed by atoms with Crippen LogP contribution in [0.1, 0.15) is 15.4 Å². The summed E-state index contributed by atoms with van der Waals surface area (Å²) in [5.74, 6) is -0.277. The molecule has 0 atom stereocenters. The standard InChI is InChI=1S/C10H9N3O2S/c14-8-5-7(1-2-11-8)10(15)13-6-9-12-3-4-16-9/h1-5H,6H2,(H,11,14)(H,13,15). The van der Waals surface area contributed by atoms with E-state index in [9.17, 15) is 9.59 Å². The number of aromatic nitrogens is 2. The zero-order valence-corrected chi connectivity index (χ0v) is 9.08. The van der Waals surface area contributed by atoms with Crippen LogP contribution in [0.5, 0.6) is 0 Å². The fourth-order valence-electron chi connectivity index (χ4n) is 1.18. The van der Waals surface area contributed by atoms with Gasteiger partial charge < -0.3 is 10.3 Å². The van der Waals surface area contributed by atoms with E-state index >= 15 is 0 Å². The number of hydrogen-bond acceptors (Lipinski definition) is 4. The van der Waals surface area contributed by atoms with Crippen molar-refractivity contribution < 1.29 is 4.79 Å². The zero-order valence-electron chi connectivity index (χ0n) is 8.27. The van der Waals surface area contributed by atoms with Gasteiger partial charge in [-0.1, -0.05) is 0 Å². The SMILES string of the molecule is O=C(NCc1nccs1)c1cc[nH]c(=O)c1. The van der Waals surface area contributed by atoms with Crippen LogP contribution in [-0.4, -0.2) is 15.9 Å². The highest BCUT2D eigenvalue weighted by molar-refractivity contribution is 7.09. The number of nitrogens with one attached hydrogen (secondary N) is 2. The van der Waals surface area contributed by atoms with Crippen molar-refractivity contribution in [3.63, 3.8) is 0 Å². The van der Waals surface area contributed by atoms with Gasteiger partial charge in [0.05, 0.1) is 6.54 Å². The van der Waals surface area contributed by atoms with Crippen molar-refractivity contribution in [1.29, 1.82) is 0 Å². The predicted octanol–water partition coefficient (Wildman–Crippen LogP) is 0.761. The highest BCUT2D eigenvalue weighted by atomic mass is 32.1. The second-order valence-electron chi connectivity index (χ2n) is 3.05. The summed E-state index contributed by atoms with van der Waals surface area (Å²) in [4.78, 5) is 29.1. The number of H-pyrrole nitrogens is 1. The molecule has 2 aromatic heterocycles. The number of hydrogen-bond donors (Lipinski definition) is 2. The molecular weight excluding hydrogens is 226 g/mol. The molecule has 0 aliphatic rings. The summed E-state index contributed by atoms with van der Waals surface area (Å²) in [7, 11) is 0. The van der Waals surface area contributed by atoms with E-state index in [1.807, 2.05) is 5.38 Å². The Morgan fingerprint density at radius 2 is 2.44 bits per heavy atom. The molecule has 0 saturated carbocycles. The van der Waals surface area contributed by atoms with Gasteiger partial charge in [0.15, 0.2) is 0 Å². The lowest BCUT2D eigenvalue weighted by Gasteiger charge is -2.01. The van der Waals surface area contributed by atoms with Crippen LogP contribution in [0.2, 0.25) is 0 Å². The van der Waals surface area contributed by atoms with Gasteiger partial charge >= 0.3 is 0 Å². The maximum absolute atomic E-state index is 11.6. The average Bonchev–Trinajstić information content (AvgIpc) is 2.78. The molecule has 0 aliphatic carbocycles. The summed E-state index contributed by atoms with van der Waals surface area (Å²) >= 11 is 1.47. The van der Waals surface area contributed by atoms with Crippen molar-refractivity contribution >= 4 is 17.2 Å². The topological polar surface area (TPSA) is 74.8 Å². The van der Waals surface area contributed by atoms with Gasteiger partial charge in [-0.15, -0.1) is 11.3 Å². The minimum Gasteiger partial charge on any atom is -0.346 e. The second-order valence-corrected chi connectivity index (χ2v) is 4.03. The van der Waals surface area contributed by atoms with Crippen molar-refractivity contribution in [3.8, 4) is 0 Å². The summed E-state index contributed by atoms with van der Waals surface area (Å²) in [6.07, 6.45) is 3.13. The summed E-state index contributed by atoms with van der Waals surface area (Å²) < 4.78 is 0. The monoisotopic (exact) mass is 235 g/mol. The van der Waals surface area contributed by atoms with Crippen molar-refractivity contribution in [2.75, 3.05) is 0 Å². The molecule has 2 heterocycles. The third-order valence-electron chi connectivity index (χ3n) is 1.92. The number of aromatic amines is 1.